The molecule has 0 aromatic heterocycles. The fraction of sp³-hybridized carbons (Fsp3) is 0.877. The molecule has 0 spiro atoms. The average molecular weight is 1090 g/mol. The number of ether oxygens (including phenoxy) is 6. The molecule has 3 fully saturated rings. The predicted octanol–water partition coefficient (Wildman–Crippen LogP) is 4.54. The Morgan fingerprint density at radius 2 is 0.842 bits per heavy atom. The van der Waals surface area contributed by atoms with Crippen molar-refractivity contribution in [3.63, 3.8) is 0 Å². The summed E-state index contributed by atoms with van der Waals surface area (Å²) in [5.74, 6) is -0.292. The Kier molecular flexibility index (Phi) is 36.9. The first kappa shape index (κ1) is 68.3. The van der Waals surface area contributed by atoms with Crippen LogP contribution in [0.1, 0.15) is 187 Å². The molecule has 0 aromatic rings. The van der Waals surface area contributed by atoms with Crippen molar-refractivity contribution in [2.24, 2.45) is 0 Å². The molecule has 17 unspecified atom stereocenters. The van der Waals surface area contributed by atoms with Crippen molar-refractivity contribution < 1.29 is 89.4 Å². The number of unbranched alkanes of at least 4 members (excludes halogenated alkanes) is 22. The van der Waals surface area contributed by atoms with Gasteiger partial charge in [0.25, 0.3) is 0 Å². The number of rotatable bonds is 42. The van der Waals surface area contributed by atoms with Gasteiger partial charge in [-0.2, -0.15) is 0 Å². The Morgan fingerprint density at radius 3 is 1.32 bits per heavy atom. The molecule has 19 nitrogen and oxygen atoms in total. The first-order valence-electron chi connectivity index (χ1n) is 29.2. The Hall–Kier alpha value is -1.99. The van der Waals surface area contributed by atoms with Crippen molar-refractivity contribution in [1.82, 2.24) is 5.32 Å². The average Bonchev–Trinajstić information content (AvgIpc) is 3.42. The molecule has 444 valence electrons. The van der Waals surface area contributed by atoms with E-state index >= 15 is 0 Å². The predicted molar refractivity (Wildman–Crippen MR) is 286 cm³/mol. The standard InChI is InChI=1S/C57H103NO18/c1-3-5-7-9-11-13-15-16-17-18-19-20-21-22-23-25-26-28-30-32-34-41(62)40(58-45(63)35-33-31-29-27-24-14-12-10-8-6-4-2)39-71-55-51(69)48(66)53(43(37-60)73-55)76-57-52(70)49(67)54(44(38-61)74-57)75-56-50(68)47(65)46(64)42(36-59)72-56/h20-21,25-26,32,34,40-44,46-57,59-62,64-70H,3-19,22-24,27-31,33,35-39H2,1-2H3,(H,58,63)/b21-20+,26-25+,34-32+. The van der Waals surface area contributed by atoms with Gasteiger partial charge in [0.15, 0.2) is 18.9 Å². The van der Waals surface area contributed by atoms with Crippen LogP contribution in [0, 0.1) is 0 Å². The van der Waals surface area contributed by atoms with E-state index in [2.05, 4.69) is 43.5 Å². The Bertz CT molecular complexity index is 1540. The number of allylic oxidation sites excluding steroid dienone is 5. The highest BCUT2D eigenvalue weighted by atomic mass is 16.8. The number of aliphatic hydroxyl groups excluding tert-OH is 11. The van der Waals surface area contributed by atoms with Gasteiger partial charge >= 0.3 is 0 Å². The summed E-state index contributed by atoms with van der Waals surface area (Å²) in [6, 6.07) is -0.991. The molecule has 3 rings (SSSR count). The maximum atomic E-state index is 13.2. The lowest BCUT2D eigenvalue weighted by Gasteiger charge is -2.48. The fourth-order valence-corrected chi connectivity index (χ4v) is 9.81. The molecule has 0 radical (unpaired) electrons. The van der Waals surface area contributed by atoms with Gasteiger partial charge in [-0.1, -0.05) is 172 Å². The Balaban J connectivity index is 1.53. The third-order valence-electron chi connectivity index (χ3n) is 14.7. The lowest BCUT2D eigenvalue weighted by Crippen LogP contribution is -2.66. The molecule has 0 aromatic carbocycles. The number of aliphatic hydroxyl groups is 11. The SMILES string of the molecule is CCCCCCCCCCCC/C=C/CC/C=C/CC/C=C/C(O)C(COC1OC(CO)C(OC2OC(CO)C(OC3OC(CO)C(O)C(O)C3O)C(O)C2O)C(O)C1O)NC(=O)CCCCCCCCCCCCC. The summed E-state index contributed by atoms with van der Waals surface area (Å²) < 4.78 is 34.2. The van der Waals surface area contributed by atoms with E-state index in [1.54, 1.807) is 6.08 Å². The normalized spacial score (nSPS) is 31.2. The van der Waals surface area contributed by atoms with Crippen LogP contribution in [0.15, 0.2) is 36.5 Å². The van der Waals surface area contributed by atoms with Gasteiger partial charge in [0.2, 0.25) is 5.91 Å². The number of amides is 1. The molecule has 3 heterocycles. The van der Waals surface area contributed by atoms with Crippen molar-refractivity contribution in [3.8, 4) is 0 Å². The van der Waals surface area contributed by atoms with Gasteiger partial charge in [0.05, 0.1) is 38.6 Å². The number of hydrogen-bond donors (Lipinski definition) is 12. The lowest BCUT2D eigenvalue weighted by molar-refractivity contribution is -0.379. The van der Waals surface area contributed by atoms with Gasteiger partial charge in [0.1, 0.15) is 73.2 Å². The Morgan fingerprint density at radius 1 is 0.461 bits per heavy atom. The summed E-state index contributed by atoms with van der Waals surface area (Å²) in [5, 5.41) is 120. The molecular formula is C57H103NO18. The molecule has 0 saturated carbocycles. The minimum Gasteiger partial charge on any atom is -0.394 e. The molecule has 3 aliphatic rings. The second-order valence-electron chi connectivity index (χ2n) is 21.1. The second-order valence-corrected chi connectivity index (χ2v) is 21.1. The maximum absolute atomic E-state index is 13.2. The van der Waals surface area contributed by atoms with E-state index in [4.69, 9.17) is 28.4 Å². The number of nitrogens with one attached hydrogen (secondary N) is 1. The van der Waals surface area contributed by atoms with Gasteiger partial charge < -0.3 is 89.9 Å². The number of carbonyl (C=O) groups is 1. The molecule has 1 amide bonds. The highest BCUT2D eigenvalue weighted by Crippen LogP contribution is 2.33. The van der Waals surface area contributed by atoms with E-state index in [1.807, 2.05) is 6.08 Å². The van der Waals surface area contributed by atoms with E-state index in [-0.39, 0.29) is 18.9 Å². The molecule has 76 heavy (non-hydrogen) atoms. The number of carbonyl (C=O) groups excluding carboxylic acids is 1. The Labute approximate surface area is 453 Å². The van der Waals surface area contributed by atoms with Crippen molar-refractivity contribution in [3.05, 3.63) is 36.5 Å². The number of hydrogen-bond acceptors (Lipinski definition) is 18. The smallest absolute Gasteiger partial charge is 0.220 e. The highest BCUT2D eigenvalue weighted by Gasteiger charge is 2.53. The largest absolute Gasteiger partial charge is 0.394 e. The minimum atomic E-state index is -1.98. The summed E-state index contributed by atoms with van der Waals surface area (Å²) in [5.41, 5.74) is 0. The van der Waals surface area contributed by atoms with Gasteiger partial charge in [-0.05, 0) is 44.9 Å². The zero-order valence-electron chi connectivity index (χ0n) is 46.0. The van der Waals surface area contributed by atoms with Crippen molar-refractivity contribution in [2.75, 3.05) is 26.4 Å². The molecule has 0 bridgehead atoms. The molecule has 3 saturated heterocycles. The maximum Gasteiger partial charge on any atom is 0.220 e. The summed E-state index contributed by atoms with van der Waals surface area (Å²) in [6.07, 6.45) is 15.7. The molecule has 0 aliphatic carbocycles. The zero-order valence-corrected chi connectivity index (χ0v) is 46.0. The van der Waals surface area contributed by atoms with E-state index in [0.29, 0.717) is 12.8 Å². The molecular weight excluding hydrogens is 987 g/mol. The van der Waals surface area contributed by atoms with Crippen LogP contribution < -0.4 is 5.32 Å². The van der Waals surface area contributed by atoms with Gasteiger partial charge in [0, 0.05) is 6.42 Å². The first-order valence-corrected chi connectivity index (χ1v) is 29.2. The minimum absolute atomic E-state index is 0.234. The summed E-state index contributed by atoms with van der Waals surface area (Å²) in [7, 11) is 0. The molecule has 12 N–H and O–H groups in total. The molecule has 19 heteroatoms. The third-order valence-corrected chi connectivity index (χ3v) is 14.7. The van der Waals surface area contributed by atoms with Crippen LogP contribution in [-0.2, 0) is 33.2 Å². The van der Waals surface area contributed by atoms with Crippen LogP contribution in [0.2, 0.25) is 0 Å². The fourth-order valence-electron chi connectivity index (χ4n) is 9.81. The van der Waals surface area contributed by atoms with Crippen LogP contribution >= 0.6 is 0 Å². The van der Waals surface area contributed by atoms with Gasteiger partial charge in [-0.15, -0.1) is 0 Å². The van der Waals surface area contributed by atoms with Crippen molar-refractivity contribution in [2.45, 2.75) is 291 Å². The lowest BCUT2D eigenvalue weighted by atomic mass is 9.96. The van der Waals surface area contributed by atoms with E-state index in [1.165, 1.54) is 109 Å². The topological polar surface area (TPSA) is 307 Å². The zero-order chi connectivity index (χ0) is 55.5. The third kappa shape index (κ3) is 25.2. The van der Waals surface area contributed by atoms with Crippen LogP contribution in [0.5, 0.6) is 0 Å². The summed E-state index contributed by atoms with van der Waals surface area (Å²) in [6.45, 7) is 1.67. The highest BCUT2D eigenvalue weighted by molar-refractivity contribution is 5.76. The van der Waals surface area contributed by atoms with Crippen LogP contribution in [0.4, 0.5) is 0 Å². The van der Waals surface area contributed by atoms with Crippen LogP contribution in [0.25, 0.3) is 0 Å². The van der Waals surface area contributed by atoms with E-state index < -0.39 is 124 Å². The van der Waals surface area contributed by atoms with Gasteiger partial charge in [-0.3, -0.25) is 4.79 Å². The second kappa shape index (κ2) is 41.1. The monoisotopic (exact) mass is 1090 g/mol. The van der Waals surface area contributed by atoms with Crippen LogP contribution in [-0.4, -0.2) is 193 Å². The molecule has 17 atom stereocenters. The first-order chi connectivity index (χ1) is 36.8. The van der Waals surface area contributed by atoms with Crippen molar-refractivity contribution in [1.29, 1.82) is 0 Å². The van der Waals surface area contributed by atoms with E-state index in [9.17, 15) is 61.0 Å². The van der Waals surface area contributed by atoms with E-state index in [0.717, 1.165) is 44.9 Å². The molecule has 3 aliphatic heterocycles. The summed E-state index contributed by atoms with van der Waals surface area (Å²) in [4.78, 5) is 13.2. The van der Waals surface area contributed by atoms with Gasteiger partial charge in [-0.25, -0.2) is 0 Å². The quantitative estimate of drug-likeness (QED) is 0.0295. The summed E-state index contributed by atoms with van der Waals surface area (Å²) >= 11 is 0. The van der Waals surface area contributed by atoms with Crippen molar-refractivity contribution >= 4 is 5.91 Å². The van der Waals surface area contributed by atoms with Crippen LogP contribution in [0.3, 0.4) is 0 Å².